The lowest BCUT2D eigenvalue weighted by Crippen LogP contribution is -2.52. The largest absolute Gasteiger partial charge is 0.466 e. The molecule has 0 radical (unpaired) electrons. The minimum Gasteiger partial charge on any atom is -0.466 e. The second-order valence-corrected chi connectivity index (χ2v) is 5.80. The first-order valence-electron chi connectivity index (χ1n) is 8.83. The summed E-state index contributed by atoms with van der Waals surface area (Å²) >= 11 is 0. The zero-order valence-corrected chi connectivity index (χ0v) is 15.6. The number of hydrogen-bond donors (Lipinski definition) is 2. The Balaban J connectivity index is 2.82. The van der Waals surface area contributed by atoms with Crippen LogP contribution in [-0.4, -0.2) is 43.0 Å². The Kier molecular flexibility index (Phi) is 9.57. The highest BCUT2D eigenvalue weighted by atomic mass is 16.5. The van der Waals surface area contributed by atoms with Gasteiger partial charge in [0.25, 0.3) is 0 Å². The second-order valence-electron chi connectivity index (χ2n) is 5.80. The van der Waals surface area contributed by atoms with E-state index in [2.05, 4.69) is 5.32 Å². The van der Waals surface area contributed by atoms with Gasteiger partial charge in [-0.3, -0.25) is 19.2 Å². The summed E-state index contributed by atoms with van der Waals surface area (Å²) in [6.07, 6.45) is 0.141. The lowest BCUT2D eigenvalue weighted by molar-refractivity contribution is -0.157. The van der Waals surface area contributed by atoms with Crippen LogP contribution >= 0.6 is 0 Å². The fourth-order valence-corrected chi connectivity index (χ4v) is 2.50. The number of hydrogen-bond acceptors (Lipinski definition) is 6. The molecule has 0 saturated carbocycles. The summed E-state index contributed by atoms with van der Waals surface area (Å²) in [4.78, 5) is 48.1. The number of amides is 2. The first-order valence-corrected chi connectivity index (χ1v) is 8.83. The molecular weight excluding hydrogens is 352 g/mol. The first-order chi connectivity index (χ1) is 12.9. The third kappa shape index (κ3) is 7.89. The lowest BCUT2D eigenvalue weighted by atomic mass is 9.95. The molecule has 0 saturated heterocycles. The van der Waals surface area contributed by atoms with Crippen LogP contribution in [0.15, 0.2) is 30.3 Å². The molecule has 8 heteroatoms. The van der Waals surface area contributed by atoms with Crippen molar-refractivity contribution in [1.82, 2.24) is 5.32 Å². The molecule has 0 fully saturated rings. The van der Waals surface area contributed by atoms with E-state index in [1.165, 1.54) is 0 Å². The second kappa shape index (κ2) is 11.7. The van der Waals surface area contributed by atoms with Gasteiger partial charge < -0.3 is 20.5 Å². The van der Waals surface area contributed by atoms with E-state index in [0.717, 1.165) is 5.56 Å². The van der Waals surface area contributed by atoms with Crippen molar-refractivity contribution >= 4 is 23.8 Å². The van der Waals surface area contributed by atoms with Crippen molar-refractivity contribution in [1.29, 1.82) is 0 Å². The van der Waals surface area contributed by atoms with E-state index in [1.54, 1.807) is 13.8 Å². The summed E-state index contributed by atoms with van der Waals surface area (Å²) in [6.45, 7) is 3.40. The van der Waals surface area contributed by atoms with Crippen molar-refractivity contribution in [3.8, 4) is 0 Å². The summed E-state index contributed by atoms with van der Waals surface area (Å²) in [5.41, 5.74) is 6.32. The monoisotopic (exact) mass is 378 g/mol. The van der Waals surface area contributed by atoms with Gasteiger partial charge in [-0.1, -0.05) is 30.3 Å². The standard InChI is InChI=1S/C19H26N2O6/c1-3-26-16(23)12-14(19(25)27-4-2)17(18(20)24)21-15(22)11-10-13-8-6-5-7-9-13/h5-9,14,17H,3-4,10-12H2,1-2H3,(H2,20,24)(H,21,22)/t14-,17-/m1/s1. The summed E-state index contributed by atoms with van der Waals surface area (Å²) < 4.78 is 9.75. The fourth-order valence-electron chi connectivity index (χ4n) is 2.50. The maximum absolute atomic E-state index is 12.2. The molecule has 27 heavy (non-hydrogen) atoms. The predicted molar refractivity (Wildman–Crippen MR) is 97.3 cm³/mol. The summed E-state index contributed by atoms with van der Waals surface area (Å²) in [5.74, 6) is -4.11. The lowest BCUT2D eigenvalue weighted by Gasteiger charge is -2.23. The van der Waals surface area contributed by atoms with Crippen molar-refractivity contribution in [3.63, 3.8) is 0 Å². The number of esters is 2. The first kappa shape index (κ1) is 22.1. The predicted octanol–water partition coefficient (Wildman–Crippen LogP) is 0.722. The Morgan fingerprint density at radius 2 is 1.67 bits per heavy atom. The molecule has 0 aromatic heterocycles. The molecule has 2 amide bonds. The van der Waals surface area contributed by atoms with Crippen LogP contribution in [0.25, 0.3) is 0 Å². The third-order valence-electron chi connectivity index (χ3n) is 3.79. The van der Waals surface area contributed by atoms with Crippen LogP contribution in [0.1, 0.15) is 32.3 Å². The van der Waals surface area contributed by atoms with Crippen LogP contribution in [-0.2, 0) is 35.1 Å². The molecule has 0 aliphatic carbocycles. The van der Waals surface area contributed by atoms with Crippen molar-refractivity contribution in [3.05, 3.63) is 35.9 Å². The van der Waals surface area contributed by atoms with Crippen LogP contribution in [0, 0.1) is 5.92 Å². The maximum atomic E-state index is 12.2. The van der Waals surface area contributed by atoms with Gasteiger partial charge >= 0.3 is 11.9 Å². The number of rotatable bonds is 11. The maximum Gasteiger partial charge on any atom is 0.312 e. The molecule has 0 aliphatic heterocycles. The van der Waals surface area contributed by atoms with Crippen molar-refractivity contribution in [2.24, 2.45) is 11.7 Å². The minimum atomic E-state index is -1.36. The molecule has 1 aromatic rings. The molecule has 0 heterocycles. The summed E-state index contributed by atoms with van der Waals surface area (Å²) in [7, 11) is 0. The number of nitrogens with one attached hydrogen (secondary N) is 1. The van der Waals surface area contributed by atoms with Crippen LogP contribution in [0.3, 0.4) is 0 Å². The topological polar surface area (TPSA) is 125 Å². The van der Waals surface area contributed by atoms with E-state index >= 15 is 0 Å². The zero-order chi connectivity index (χ0) is 20.2. The van der Waals surface area contributed by atoms with E-state index in [1.807, 2.05) is 30.3 Å². The summed E-state index contributed by atoms with van der Waals surface area (Å²) in [6, 6.07) is 7.97. The smallest absolute Gasteiger partial charge is 0.312 e. The van der Waals surface area contributed by atoms with Crippen molar-refractivity contribution in [2.75, 3.05) is 13.2 Å². The van der Waals surface area contributed by atoms with E-state index in [0.29, 0.717) is 6.42 Å². The van der Waals surface area contributed by atoms with Gasteiger partial charge in [0.2, 0.25) is 11.8 Å². The fraction of sp³-hybridized carbons (Fsp3) is 0.474. The average molecular weight is 378 g/mol. The van der Waals surface area contributed by atoms with Crippen LogP contribution in [0.5, 0.6) is 0 Å². The number of ether oxygens (including phenoxy) is 2. The number of nitrogens with two attached hydrogens (primary N) is 1. The Labute approximate surface area is 158 Å². The van der Waals surface area contributed by atoms with Gasteiger partial charge in [-0.05, 0) is 25.8 Å². The number of carbonyl (C=O) groups is 4. The highest BCUT2D eigenvalue weighted by Gasteiger charge is 2.37. The Morgan fingerprint density at radius 3 is 2.22 bits per heavy atom. The van der Waals surface area contributed by atoms with Gasteiger partial charge in [0.1, 0.15) is 6.04 Å². The average Bonchev–Trinajstić information content (AvgIpc) is 2.64. The van der Waals surface area contributed by atoms with Crippen LogP contribution < -0.4 is 11.1 Å². The van der Waals surface area contributed by atoms with Gasteiger partial charge in [0, 0.05) is 6.42 Å². The molecule has 148 valence electrons. The van der Waals surface area contributed by atoms with Crippen molar-refractivity contribution < 1.29 is 28.7 Å². The Morgan fingerprint density at radius 1 is 1.04 bits per heavy atom. The van der Waals surface area contributed by atoms with E-state index < -0.39 is 42.1 Å². The number of benzene rings is 1. The molecule has 0 aliphatic rings. The van der Waals surface area contributed by atoms with E-state index in [-0.39, 0.29) is 19.6 Å². The van der Waals surface area contributed by atoms with Gasteiger partial charge in [-0.2, -0.15) is 0 Å². The minimum absolute atomic E-state index is 0.0611. The molecule has 0 unspecified atom stereocenters. The Hall–Kier alpha value is -2.90. The summed E-state index contributed by atoms with van der Waals surface area (Å²) in [5, 5.41) is 2.45. The van der Waals surface area contributed by atoms with Gasteiger partial charge in [-0.25, -0.2) is 0 Å². The number of primary amides is 1. The molecule has 1 rings (SSSR count). The molecule has 0 bridgehead atoms. The van der Waals surface area contributed by atoms with E-state index in [9.17, 15) is 19.2 Å². The number of carbonyl (C=O) groups excluding carboxylic acids is 4. The quantitative estimate of drug-likeness (QED) is 0.547. The number of aryl methyl sites for hydroxylation is 1. The molecule has 0 spiro atoms. The molecule has 8 nitrogen and oxygen atoms in total. The Bertz CT molecular complexity index is 647. The van der Waals surface area contributed by atoms with Gasteiger partial charge in [0.15, 0.2) is 0 Å². The SMILES string of the molecule is CCOC(=O)C[C@@H](C(=O)OCC)[C@@H](NC(=O)CCc1ccccc1)C(N)=O. The van der Waals surface area contributed by atoms with Crippen LogP contribution in [0.2, 0.25) is 0 Å². The van der Waals surface area contributed by atoms with Gasteiger partial charge in [-0.15, -0.1) is 0 Å². The van der Waals surface area contributed by atoms with Gasteiger partial charge in [0.05, 0.1) is 25.6 Å². The van der Waals surface area contributed by atoms with E-state index in [4.69, 9.17) is 15.2 Å². The van der Waals surface area contributed by atoms with Crippen molar-refractivity contribution in [2.45, 2.75) is 39.2 Å². The molecular formula is C19H26N2O6. The third-order valence-corrected chi connectivity index (χ3v) is 3.79. The van der Waals surface area contributed by atoms with Crippen LogP contribution in [0.4, 0.5) is 0 Å². The molecule has 1 aromatic carbocycles. The highest BCUT2D eigenvalue weighted by molar-refractivity contribution is 5.93. The zero-order valence-electron chi connectivity index (χ0n) is 15.6. The highest BCUT2D eigenvalue weighted by Crippen LogP contribution is 2.14. The molecule has 2 atom stereocenters. The normalized spacial score (nSPS) is 12.5. The molecule has 3 N–H and O–H groups in total.